The molecule has 1 aromatic rings. The van der Waals surface area contributed by atoms with Gasteiger partial charge in [0.25, 0.3) is 0 Å². The number of nitrogens with one attached hydrogen (secondary N) is 1. The number of anilines is 1. The Kier molecular flexibility index (Phi) is 3.74. The summed E-state index contributed by atoms with van der Waals surface area (Å²) in [4.78, 5) is 7.09. The van der Waals surface area contributed by atoms with Crippen molar-refractivity contribution in [1.82, 2.24) is 10.3 Å². The predicted octanol–water partition coefficient (Wildman–Crippen LogP) is 2.99. The molecule has 1 saturated heterocycles. The fraction of sp³-hybridized carbons (Fsp3) is 0.688. The van der Waals surface area contributed by atoms with Gasteiger partial charge in [0.05, 0.1) is 0 Å². The first kappa shape index (κ1) is 12.9. The molecule has 3 rings (SSSR count). The molecule has 0 amide bonds. The van der Waals surface area contributed by atoms with E-state index >= 15 is 0 Å². The summed E-state index contributed by atoms with van der Waals surface area (Å²) in [5.41, 5.74) is 1.35. The number of fused-ring (bicyclic) bond motifs is 1. The molecule has 1 aromatic heterocycles. The summed E-state index contributed by atoms with van der Waals surface area (Å²) in [5.74, 6) is 3.03. The number of nitrogens with zero attached hydrogens (tertiary/aromatic N) is 2. The molecule has 1 aliphatic carbocycles. The molecule has 3 atom stereocenters. The van der Waals surface area contributed by atoms with E-state index in [1.165, 1.54) is 43.7 Å². The van der Waals surface area contributed by atoms with Crippen molar-refractivity contribution in [3.63, 3.8) is 0 Å². The lowest BCUT2D eigenvalue weighted by atomic mass is 10.0. The Labute approximate surface area is 116 Å². The molecule has 3 heteroatoms. The van der Waals surface area contributed by atoms with Gasteiger partial charge >= 0.3 is 0 Å². The highest BCUT2D eigenvalue weighted by Gasteiger charge is 2.36. The number of rotatable bonds is 4. The van der Waals surface area contributed by atoms with E-state index in [4.69, 9.17) is 0 Å². The first-order valence-electron chi connectivity index (χ1n) is 7.72. The quantitative estimate of drug-likeness (QED) is 0.901. The second kappa shape index (κ2) is 5.49. The minimum absolute atomic E-state index is 0.411. The Morgan fingerprint density at radius 2 is 2.11 bits per heavy atom. The van der Waals surface area contributed by atoms with Gasteiger partial charge in [0, 0.05) is 25.3 Å². The molecule has 1 aliphatic heterocycles. The summed E-state index contributed by atoms with van der Waals surface area (Å²) in [6, 6.07) is 4.82. The van der Waals surface area contributed by atoms with Crippen molar-refractivity contribution in [3.05, 3.63) is 23.9 Å². The van der Waals surface area contributed by atoms with Crippen molar-refractivity contribution in [3.8, 4) is 0 Å². The van der Waals surface area contributed by atoms with E-state index in [1.54, 1.807) is 0 Å². The van der Waals surface area contributed by atoms with Gasteiger partial charge in [-0.25, -0.2) is 4.98 Å². The predicted molar refractivity (Wildman–Crippen MR) is 79.4 cm³/mol. The number of hydrogen-bond acceptors (Lipinski definition) is 3. The Bertz CT molecular complexity index is 420. The Morgan fingerprint density at radius 1 is 1.37 bits per heavy atom. The molecular weight excluding hydrogens is 234 g/mol. The van der Waals surface area contributed by atoms with E-state index in [0.29, 0.717) is 6.04 Å². The van der Waals surface area contributed by atoms with Gasteiger partial charge in [-0.15, -0.1) is 0 Å². The average Bonchev–Trinajstić information content (AvgIpc) is 3.00. The molecule has 0 bridgehead atoms. The van der Waals surface area contributed by atoms with Crippen LogP contribution in [0.3, 0.4) is 0 Å². The number of aromatic nitrogens is 1. The Hall–Kier alpha value is -1.09. The van der Waals surface area contributed by atoms with Crippen LogP contribution in [-0.2, 0) is 0 Å². The highest BCUT2D eigenvalue weighted by atomic mass is 15.2. The first-order valence-corrected chi connectivity index (χ1v) is 7.72. The van der Waals surface area contributed by atoms with Gasteiger partial charge in [-0.05, 0) is 55.8 Å². The van der Waals surface area contributed by atoms with E-state index in [9.17, 15) is 0 Å². The van der Waals surface area contributed by atoms with E-state index in [-0.39, 0.29) is 0 Å². The van der Waals surface area contributed by atoms with Crippen molar-refractivity contribution in [1.29, 1.82) is 0 Å². The molecule has 1 saturated carbocycles. The topological polar surface area (TPSA) is 28.2 Å². The van der Waals surface area contributed by atoms with E-state index in [1.807, 2.05) is 6.20 Å². The normalized spacial score (nSPS) is 27.6. The lowest BCUT2D eigenvalue weighted by Crippen LogP contribution is -2.23. The molecule has 0 radical (unpaired) electrons. The van der Waals surface area contributed by atoms with Crippen LogP contribution in [0.5, 0.6) is 0 Å². The molecule has 3 unspecified atom stereocenters. The lowest BCUT2D eigenvalue weighted by molar-refractivity contribution is 0.494. The summed E-state index contributed by atoms with van der Waals surface area (Å²) in [5, 5.41) is 3.47. The van der Waals surface area contributed by atoms with Crippen molar-refractivity contribution < 1.29 is 0 Å². The third-order valence-corrected chi connectivity index (χ3v) is 4.83. The van der Waals surface area contributed by atoms with Gasteiger partial charge in [0.1, 0.15) is 5.82 Å². The number of pyridine rings is 1. The monoisotopic (exact) mass is 259 g/mol. The highest BCUT2D eigenvalue weighted by molar-refractivity contribution is 5.43. The van der Waals surface area contributed by atoms with Gasteiger partial charge in [-0.2, -0.15) is 0 Å². The van der Waals surface area contributed by atoms with Gasteiger partial charge in [0.15, 0.2) is 0 Å². The smallest absolute Gasteiger partial charge is 0.128 e. The lowest BCUT2D eigenvalue weighted by Gasteiger charge is -2.20. The molecule has 19 heavy (non-hydrogen) atoms. The summed E-state index contributed by atoms with van der Waals surface area (Å²) >= 11 is 0. The summed E-state index contributed by atoms with van der Waals surface area (Å²) < 4.78 is 0. The van der Waals surface area contributed by atoms with Crippen molar-refractivity contribution in [2.75, 3.05) is 24.5 Å². The SMILES string of the molecule is CCNC(C)c1ccnc(N2CC3CCCC3C2)c1. The third-order valence-electron chi connectivity index (χ3n) is 4.83. The minimum Gasteiger partial charge on any atom is -0.356 e. The Morgan fingerprint density at radius 3 is 2.79 bits per heavy atom. The molecular formula is C16H25N3. The molecule has 1 N–H and O–H groups in total. The molecule has 3 nitrogen and oxygen atoms in total. The zero-order chi connectivity index (χ0) is 13.2. The molecule has 0 spiro atoms. The molecule has 2 heterocycles. The summed E-state index contributed by atoms with van der Waals surface area (Å²) in [6.07, 6.45) is 6.25. The second-order valence-electron chi connectivity index (χ2n) is 6.08. The van der Waals surface area contributed by atoms with Crippen LogP contribution in [0.15, 0.2) is 18.3 Å². The van der Waals surface area contributed by atoms with Gasteiger partial charge < -0.3 is 10.2 Å². The van der Waals surface area contributed by atoms with Crippen molar-refractivity contribution >= 4 is 5.82 Å². The molecule has 0 aromatic carbocycles. The second-order valence-corrected chi connectivity index (χ2v) is 6.08. The average molecular weight is 259 g/mol. The highest BCUT2D eigenvalue weighted by Crippen LogP contribution is 2.39. The van der Waals surface area contributed by atoms with Crippen LogP contribution in [-0.4, -0.2) is 24.6 Å². The maximum Gasteiger partial charge on any atom is 0.128 e. The Balaban J connectivity index is 1.73. The van der Waals surface area contributed by atoms with Crippen LogP contribution in [0.25, 0.3) is 0 Å². The summed E-state index contributed by atoms with van der Waals surface area (Å²) in [6.45, 7) is 7.82. The van der Waals surface area contributed by atoms with Gasteiger partial charge in [-0.1, -0.05) is 13.3 Å². The van der Waals surface area contributed by atoms with E-state index in [2.05, 4.69) is 41.2 Å². The maximum absolute atomic E-state index is 4.59. The summed E-state index contributed by atoms with van der Waals surface area (Å²) in [7, 11) is 0. The van der Waals surface area contributed by atoms with Gasteiger partial charge in [-0.3, -0.25) is 0 Å². The molecule has 104 valence electrons. The first-order chi connectivity index (χ1) is 9.28. The fourth-order valence-corrected chi connectivity index (χ4v) is 3.72. The van der Waals surface area contributed by atoms with Crippen molar-refractivity contribution in [2.24, 2.45) is 11.8 Å². The van der Waals surface area contributed by atoms with Crippen LogP contribution < -0.4 is 10.2 Å². The third kappa shape index (κ3) is 2.62. The zero-order valence-electron chi connectivity index (χ0n) is 12.1. The zero-order valence-corrected chi connectivity index (χ0v) is 12.1. The van der Waals surface area contributed by atoms with E-state index in [0.717, 1.165) is 18.4 Å². The van der Waals surface area contributed by atoms with Crippen LogP contribution in [0, 0.1) is 11.8 Å². The molecule has 2 fully saturated rings. The standard InChI is InChI=1S/C16H25N3/c1-3-17-12(2)13-7-8-18-16(9-13)19-10-14-5-4-6-15(14)11-19/h7-9,12,14-15,17H,3-6,10-11H2,1-2H3. The maximum atomic E-state index is 4.59. The minimum atomic E-state index is 0.411. The van der Waals surface area contributed by atoms with E-state index < -0.39 is 0 Å². The van der Waals surface area contributed by atoms with Crippen LogP contribution in [0.4, 0.5) is 5.82 Å². The fourth-order valence-electron chi connectivity index (χ4n) is 3.72. The van der Waals surface area contributed by atoms with Crippen LogP contribution in [0.1, 0.15) is 44.7 Å². The van der Waals surface area contributed by atoms with Gasteiger partial charge in [0.2, 0.25) is 0 Å². The van der Waals surface area contributed by atoms with Crippen LogP contribution in [0.2, 0.25) is 0 Å². The number of hydrogen-bond donors (Lipinski definition) is 1. The van der Waals surface area contributed by atoms with Crippen molar-refractivity contribution in [2.45, 2.75) is 39.2 Å². The molecule has 2 aliphatic rings. The van der Waals surface area contributed by atoms with Crippen LogP contribution >= 0.6 is 0 Å². The largest absolute Gasteiger partial charge is 0.356 e.